The summed E-state index contributed by atoms with van der Waals surface area (Å²) < 4.78 is 29.0. The van der Waals surface area contributed by atoms with Crippen LogP contribution in [0.3, 0.4) is 0 Å². The van der Waals surface area contributed by atoms with Crippen molar-refractivity contribution < 1.29 is 8.42 Å². The Morgan fingerprint density at radius 1 is 1.39 bits per heavy atom. The summed E-state index contributed by atoms with van der Waals surface area (Å²) in [5.41, 5.74) is 0.341. The Morgan fingerprint density at radius 3 is 2.91 bits per heavy atom. The molecule has 120 valence electrons. The van der Waals surface area contributed by atoms with Crippen LogP contribution in [0.4, 0.5) is 0 Å². The van der Waals surface area contributed by atoms with Gasteiger partial charge >= 0.3 is 0 Å². The Hall–Kier alpha value is -2.24. The van der Waals surface area contributed by atoms with Crippen LogP contribution in [0.25, 0.3) is 0 Å². The lowest BCUT2D eigenvalue weighted by molar-refractivity contribution is 0.306. The van der Waals surface area contributed by atoms with E-state index in [1.807, 2.05) is 17.7 Å². The molecule has 1 atom stereocenters. The molecule has 0 aliphatic carbocycles. The SMILES string of the molecule is Cn1cnnc1[C@@H]1CCCN(S(=O)(=O)c2cccc(C#N)c2)C1. The molecule has 23 heavy (non-hydrogen) atoms. The van der Waals surface area contributed by atoms with Crippen LogP contribution in [0.15, 0.2) is 35.5 Å². The van der Waals surface area contributed by atoms with Crippen molar-refractivity contribution in [2.24, 2.45) is 7.05 Å². The fourth-order valence-corrected chi connectivity index (χ4v) is 4.48. The Kier molecular flexibility index (Phi) is 4.15. The van der Waals surface area contributed by atoms with Crippen LogP contribution < -0.4 is 0 Å². The lowest BCUT2D eigenvalue weighted by atomic mass is 9.99. The first-order valence-corrected chi connectivity index (χ1v) is 8.80. The molecule has 2 heterocycles. The Bertz CT molecular complexity index is 853. The summed E-state index contributed by atoms with van der Waals surface area (Å²) >= 11 is 0. The average molecular weight is 331 g/mol. The number of aryl methyl sites for hydroxylation is 1. The van der Waals surface area contributed by atoms with Gasteiger partial charge in [-0.3, -0.25) is 0 Å². The van der Waals surface area contributed by atoms with E-state index in [1.54, 1.807) is 18.5 Å². The van der Waals surface area contributed by atoms with Gasteiger partial charge in [-0.1, -0.05) is 6.07 Å². The van der Waals surface area contributed by atoms with E-state index in [1.165, 1.54) is 16.4 Å². The van der Waals surface area contributed by atoms with E-state index < -0.39 is 10.0 Å². The number of hydrogen-bond donors (Lipinski definition) is 0. The zero-order chi connectivity index (χ0) is 16.4. The third-order valence-corrected chi connectivity index (χ3v) is 5.96. The summed E-state index contributed by atoms with van der Waals surface area (Å²) in [6, 6.07) is 8.11. The molecule has 0 radical (unpaired) electrons. The smallest absolute Gasteiger partial charge is 0.243 e. The summed E-state index contributed by atoms with van der Waals surface area (Å²) in [6.45, 7) is 0.860. The van der Waals surface area contributed by atoms with Crippen LogP contribution in [0.2, 0.25) is 0 Å². The zero-order valence-electron chi connectivity index (χ0n) is 12.8. The Morgan fingerprint density at radius 2 is 2.22 bits per heavy atom. The lowest BCUT2D eigenvalue weighted by Crippen LogP contribution is -2.39. The third kappa shape index (κ3) is 2.98. The predicted molar refractivity (Wildman–Crippen MR) is 82.9 cm³/mol. The maximum absolute atomic E-state index is 12.8. The van der Waals surface area contributed by atoms with Crippen LogP contribution in [0, 0.1) is 11.3 Å². The quantitative estimate of drug-likeness (QED) is 0.844. The van der Waals surface area contributed by atoms with Crippen molar-refractivity contribution in [1.82, 2.24) is 19.1 Å². The van der Waals surface area contributed by atoms with Gasteiger partial charge in [0.1, 0.15) is 12.2 Å². The van der Waals surface area contributed by atoms with Gasteiger partial charge in [-0.2, -0.15) is 9.57 Å². The number of piperidine rings is 1. The average Bonchev–Trinajstić information content (AvgIpc) is 3.01. The molecular weight excluding hydrogens is 314 g/mol. The summed E-state index contributed by atoms with van der Waals surface area (Å²) in [5, 5.41) is 16.9. The van der Waals surface area contributed by atoms with Gasteiger partial charge in [0.25, 0.3) is 0 Å². The highest BCUT2D eigenvalue weighted by atomic mass is 32.2. The first kappa shape index (κ1) is 15.6. The summed E-state index contributed by atoms with van der Waals surface area (Å²) in [7, 11) is -1.75. The number of nitriles is 1. The Labute approximate surface area is 135 Å². The van der Waals surface area contributed by atoms with Crippen LogP contribution in [0.1, 0.15) is 30.1 Å². The van der Waals surface area contributed by atoms with E-state index in [4.69, 9.17) is 5.26 Å². The summed E-state index contributed by atoms with van der Waals surface area (Å²) in [6.07, 6.45) is 3.28. The van der Waals surface area contributed by atoms with E-state index in [0.29, 0.717) is 18.7 Å². The molecule has 7 nitrogen and oxygen atoms in total. The highest BCUT2D eigenvalue weighted by Gasteiger charge is 2.32. The van der Waals surface area contributed by atoms with Gasteiger partial charge in [-0.25, -0.2) is 8.42 Å². The molecule has 0 amide bonds. The maximum atomic E-state index is 12.8. The molecule has 1 saturated heterocycles. The van der Waals surface area contributed by atoms with Gasteiger partial charge in [0.05, 0.1) is 16.5 Å². The molecular formula is C15H17N5O2S. The van der Waals surface area contributed by atoms with E-state index in [2.05, 4.69) is 10.2 Å². The normalized spacial score (nSPS) is 19.4. The monoisotopic (exact) mass is 331 g/mol. The van der Waals surface area contributed by atoms with Gasteiger partial charge in [0.15, 0.2) is 0 Å². The first-order valence-electron chi connectivity index (χ1n) is 7.36. The minimum atomic E-state index is -3.61. The second-order valence-electron chi connectivity index (χ2n) is 5.64. The molecule has 1 aliphatic heterocycles. The van der Waals surface area contributed by atoms with Crippen molar-refractivity contribution in [2.75, 3.05) is 13.1 Å². The van der Waals surface area contributed by atoms with E-state index in [0.717, 1.165) is 18.7 Å². The number of aromatic nitrogens is 3. The number of nitrogens with zero attached hydrogens (tertiary/aromatic N) is 5. The van der Waals surface area contributed by atoms with Crippen LogP contribution >= 0.6 is 0 Å². The first-order chi connectivity index (χ1) is 11.0. The number of sulfonamides is 1. The van der Waals surface area contributed by atoms with Crippen LogP contribution in [-0.4, -0.2) is 40.6 Å². The van der Waals surface area contributed by atoms with Gasteiger partial charge in [-0.15, -0.1) is 10.2 Å². The molecule has 0 unspecified atom stereocenters. The zero-order valence-corrected chi connectivity index (χ0v) is 13.6. The van der Waals surface area contributed by atoms with Gasteiger partial charge in [-0.05, 0) is 31.0 Å². The maximum Gasteiger partial charge on any atom is 0.243 e. The lowest BCUT2D eigenvalue weighted by Gasteiger charge is -2.31. The molecule has 1 fully saturated rings. The fraction of sp³-hybridized carbons (Fsp3) is 0.400. The molecule has 2 aromatic rings. The van der Waals surface area contributed by atoms with Gasteiger partial charge < -0.3 is 4.57 Å². The molecule has 0 saturated carbocycles. The number of hydrogen-bond acceptors (Lipinski definition) is 5. The van der Waals surface area contributed by atoms with Crippen LogP contribution in [0.5, 0.6) is 0 Å². The number of rotatable bonds is 3. The second kappa shape index (κ2) is 6.10. The van der Waals surface area contributed by atoms with E-state index in [-0.39, 0.29) is 10.8 Å². The molecule has 0 N–H and O–H groups in total. The third-order valence-electron chi connectivity index (χ3n) is 4.10. The largest absolute Gasteiger partial charge is 0.320 e. The van der Waals surface area contributed by atoms with Crippen molar-refractivity contribution in [2.45, 2.75) is 23.7 Å². The van der Waals surface area contributed by atoms with Crippen molar-refractivity contribution in [1.29, 1.82) is 5.26 Å². The van der Waals surface area contributed by atoms with Gasteiger partial charge in [0.2, 0.25) is 10.0 Å². The highest BCUT2D eigenvalue weighted by Crippen LogP contribution is 2.29. The molecule has 0 bridgehead atoms. The molecule has 1 aromatic heterocycles. The Balaban J connectivity index is 1.88. The van der Waals surface area contributed by atoms with Gasteiger partial charge in [0, 0.05) is 26.1 Å². The van der Waals surface area contributed by atoms with Crippen molar-refractivity contribution >= 4 is 10.0 Å². The molecule has 0 spiro atoms. The molecule has 1 aliphatic rings. The standard InChI is InChI=1S/C15H17N5O2S/c1-19-11-17-18-15(19)13-5-3-7-20(10-13)23(21,22)14-6-2-4-12(8-14)9-16/h2,4,6,8,11,13H,3,5,7,10H2,1H3/t13-/m1/s1. The minimum Gasteiger partial charge on any atom is -0.320 e. The van der Waals surface area contributed by atoms with Crippen molar-refractivity contribution in [3.05, 3.63) is 42.0 Å². The van der Waals surface area contributed by atoms with Crippen LogP contribution in [-0.2, 0) is 17.1 Å². The summed E-state index contributed by atoms with van der Waals surface area (Å²) in [5.74, 6) is 0.834. The minimum absolute atomic E-state index is 0.0326. The fourth-order valence-electron chi connectivity index (χ4n) is 2.91. The second-order valence-corrected chi connectivity index (χ2v) is 7.58. The number of benzene rings is 1. The highest BCUT2D eigenvalue weighted by molar-refractivity contribution is 7.89. The van der Waals surface area contributed by atoms with E-state index >= 15 is 0 Å². The van der Waals surface area contributed by atoms with Crippen molar-refractivity contribution in [3.63, 3.8) is 0 Å². The molecule has 3 rings (SSSR count). The van der Waals surface area contributed by atoms with Crippen molar-refractivity contribution in [3.8, 4) is 6.07 Å². The topological polar surface area (TPSA) is 91.9 Å². The summed E-state index contributed by atoms with van der Waals surface area (Å²) in [4.78, 5) is 0.162. The predicted octanol–water partition coefficient (Wildman–Crippen LogP) is 1.26. The molecule has 1 aromatic carbocycles. The molecule has 8 heteroatoms. The van der Waals surface area contributed by atoms with E-state index in [9.17, 15) is 8.42 Å².